The molecule has 1 N–H and O–H groups in total. The van der Waals surface area contributed by atoms with Crippen molar-refractivity contribution >= 4 is 17.1 Å². The van der Waals surface area contributed by atoms with Crippen LogP contribution in [0.5, 0.6) is 0 Å². The van der Waals surface area contributed by atoms with Crippen LogP contribution in [0.15, 0.2) is 15.9 Å². The highest BCUT2D eigenvalue weighted by Crippen LogP contribution is 2.06. The fourth-order valence-corrected chi connectivity index (χ4v) is 2.41. The summed E-state index contributed by atoms with van der Waals surface area (Å²) in [6.07, 6.45) is 3.43. The van der Waals surface area contributed by atoms with E-state index < -0.39 is 5.69 Å². The number of carbonyl (C=O) groups is 1. The van der Waals surface area contributed by atoms with E-state index >= 15 is 0 Å². The first-order chi connectivity index (χ1) is 10.4. The molecule has 0 amide bonds. The number of H-pyrrole nitrogens is 1. The normalized spacial score (nSPS) is 12.5. The molecule has 8 heteroatoms. The Balaban J connectivity index is 2.03. The fraction of sp³-hybridized carbons (Fsp3) is 0.571. The van der Waals surface area contributed by atoms with Gasteiger partial charge in [-0.3, -0.25) is 19.1 Å². The van der Waals surface area contributed by atoms with Crippen molar-refractivity contribution in [1.82, 2.24) is 19.1 Å². The van der Waals surface area contributed by atoms with Crippen LogP contribution in [0.2, 0.25) is 0 Å². The minimum Gasteiger partial charge on any atom is -0.463 e. The highest BCUT2D eigenvalue weighted by atomic mass is 16.5. The molecule has 0 aliphatic heterocycles. The van der Waals surface area contributed by atoms with E-state index in [2.05, 4.69) is 9.97 Å². The van der Waals surface area contributed by atoms with E-state index in [1.807, 2.05) is 6.92 Å². The topological polar surface area (TPSA) is 99.0 Å². The molecule has 0 bridgehead atoms. The zero-order valence-corrected chi connectivity index (χ0v) is 13.0. The molecule has 8 nitrogen and oxygen atoms in total. The molecule has 120 valence electrons. The molecule has 0 unspecified atom stereocenters. The van der Waals surface area contributed by atoms with Crippen molar-refractivity contribution in [2.75, 3.05) is 0 Å². The number of imidazole rings is 1. The first kappa shape index (κ1) is 16.0. The largest absolute Gasteiger partial charge is 0.463 e. The summed E-state index contributed by atoms with van der Waals surface area (Å²) in [7, 11) is 1.71. The number of carbonyl (C=O) groups excluding carboxylic acids is 1. The van der Waals surface area contributed by atoms with Crippen molar-refractivity contribution in [3.63, 3.8) is 0 Å². The average molecular weight is 308 g/mol. The van der Waals surface area contributed by atoms with Crippen LogP contribution < -0.4 is 11.2 Å². The SMILES string of the molecule is CC(=O)O[C@H](C)CCCCn1c(=O)[nH]c2ncn(C)c2c1=O. The van der Waals surface area contributed by atoms with E-state index in [4.69, 9.17) is 4.74 Å². The van der Waals surface area contributed by atoms with Gasteiger partial charge in [0.05, 0.1) is 12.4 Å². The standard InChI is InChI=1S/C14H20N4O4/c1-9(22-10(2)19)6-4-5-7-18-13(20)11-12(16-14(18)21)15-8-17(11)3/h8-9H,4-7H2,1-3H3,(H,16,21)/t9-/m1/s1. The quantitative estimate of drug-likeness (QED) is 0.620. The van der Waals surface area contributed by atoms with E-state index in [0.29, 0.717) is 30.6 Å². The number of aryl methyl sites for hydroxylation is 1. The maximum Gasteiger partial charge on any atom is 0.330 e. The molecule has 0 aliphatic carbocycles. The Bertz CT molecular complexity index is 786. The maximum atomic E-state index is 12.3. The monoisotopic (exact) mass is 308 g/mol. The zero-order chi connectivity index (χ0) is 16.3. The number of rotatable bonds is 6. The van der Waals surface area contributed by atoms with Gasteiger partial charge in [0, 0.05) is 20.5 Å². The van der Waals surface area contributed by atoms with Crippen molar-refractivity contribution < 1.29 is 9.53 Å². The Hall–Kier alpha value is -2.38. The van der Waals surface area contributed by atoms with Gasteiger partial charge in [-0.25, -0.2) is 9.78 Å². The first-order valence-corrected chi connectivity index (χ1v) is 7.21. The second kappa shape index (κ2) is 6.59. The highest BCUT2D eigenvalue weighted by molar-refractivity contribution is 5.68. The van der Waals surface area contributed by atoms with Gasteiger partial charge in [0.1, 0.15) is 0 Å². The fourth-order valence-electron chi connectivity index (χ4n) is 2.41. The summed E-state index contributed by atoms with van der Waals surface area (Å²) in [4.78, 5) is 41.6. The molecule has 2 aromatic rings. The smallest absolute Gasteiger partial charge is 0.330 e. The van der Waals surface area contributed by atoms with Crippen LogP contribution in [0.3, 0.4) is 0 Å². The van der Waals surface area contributed by atoms with Crippen LogP contribution >= 0.6 is 0 Å². The van der Waals surface area contributed by atoms with E-state index in [1.54, 1.807) is 11.6 Å². The lowest BCUT2D eigenvalue weighted by Crippen LogP contribution is -2.35. The van der Waals surface area contributed by atoms with Gasteiger partial charge in [-0.1, -0.05) is 0 Å². The number of hydrogen-bond acceptors (Lipinski definition) is 5. The van der Waals surface area contributed by atoms with Gasteiger partial charge < -0.3 is 9.30 Å². The van der Waals surface area contributed by atoms with Gasteiger partial charge in [0.2, 0.25) is 0 Å². The molecule has 0 saturated carbocycles. The Morgan fingerprint density at radius 3 is 2.82 bits per heavy atom. The Morgan fingerprint density at radius 1 is 1.41 bits per heavy atom. The summed E-state index contributed by atoms with van der Waals surface area (Å²) < 4.78 is 7.80. The van der Waals surface area contributed by atoms with Gasteiger partial charge in [0.25, 0.3) is 5.56 Å². The summed E-state index contributed by atoms with van der Waals surface area (Å²) in [5.74, 6) is -0.304. The maximum absolute atomic E-state index is 12.3. The number of nitrogens with zero attached hydrogens (tertiary/aromatic N) is 3. The summed E-state index contributed by atoms with van der Waals surface area (Å²) in [5.41, 5.74) is -0.110. The third kappa shape index (κ3) is 3.44. The molecule has 22 heavy (non-hydrogen) atoms. The first-order valence-electron chi connectivity index (χ1n) is 7.21. The molecule has 0 fully saturated rings. The Morgan fingerprint density at radius 2 is 2.14 bits per heavy atom. The van der Waals surface area contributed by atoms with Crippen LogP contribution in [0, 0.1) is 0 Å². The number of aromatic nitrogens is 4. The van der Waals surface area contributed by atoms with E-state index in [0.717, 1.165) is 6.42 Å². The van der Waals surface area contributed by atoms with Crippen LogP contribution in [0.4, 0.5) is 0 Å². The van der Waals surface area contributed by atoms with Crippen molar-refractivity contribution in [3.8, 4) is 0 Å². The number of hydrogen-bond donors (Lipinski definition) is 1. The Kier molecular flexibility index (Phi) is 4.79. The molecule has 2 heterocycles. The molecule has 0 aromatic carbocycles. The van der Waals surface area contributed by atoms with E-state index in [9.17, 15) is 14.4 Å². The molecule has 0 radical (unpaired) electrons. The van der Waals surface area contributed by atoms with Crippen molar-refractivity contribution in [1.29, 1.82) is 0 Å². The minimum absolute atomic E-state index is 0.160. The van der Waals surface area contributed by atoms with E-state index in [-0.39, 0.29) is 17.6 Å². The molecule has 0 saturated heterocycles. The van der Waals surface area contributed by atoms with Gasteiger partial charge in [-0.05, 0) is 26.2 Å². The molecule has 0 spiro atoms. The third-order valence-corrected chi connectivity index (χ3v) is 3.46. The number of unbranched alkanes of at least 4 members (excludes halogenated alkanes) is 1. The second-order valence-corrected chi connectivity index (χ2v) is 5.36. The number of aromatic amines is 1. The lowest BCUT2D eigenvalue weighted by Gasteiger charge is -2.11. The lowest BCUT2D eigenvalue weighted by atomic mass is 10.2. The molecule has 1 atom stereocenters. The van der Waals surface area contributed by atoms with Crippen molar-refractivity contribution in [2.45, 2.75) is 45.8 Å². The molecular formula is C14H20N4O4. The zero-order valence-electron chi connectivity index (χ0n) is 13.0. The van der Waals surface area contributed by atoms with Gasteiger partial charge in [-0.2, -0.15) is 0 Å². The summed E-state index contributed by atoms with van der Waals surface area (Å²) in [6, 6.07) is 0. The van der Waals surface area contributed by atoms with Crippen LogP contribution in [-0.2, 0) is 23.1 Å². The minimum atomic E-state index is -0.454. The Labute approximate surface area is 126 Å². The molecule has 2 rings (SSSR count). The van der Waals surface area contributed by atoms with Gasteiger partial charge >= 0.3 is 11.7 Å². The summed E-state index contributed by atoms with van der Waals surface area (Å²) in [6.45, 7) is 3.52. The van der Waals surface area contributed by atoms with Crippen LogP contribution in [0.1, 0.15) is 33.1 Å². The molecular weight excluding hydrogens is 288 g/mol. The predicted octanol–water partition coefficient (Wildman–Crippen LogP) is 0.545. The van der Waals surface area contributed by atoms with Crippen molar-refractivity contribution in [3.05, 3.63) is 27.2 Å². The number of fused-ring (bicyclic) bond motifs is 1. The van der Waals surface area contributed by atoms with E-state index in [1.165, 1.54) is 17.8 Å². The molecule has 0 aliphatic rings. The van der Waals surface area contributed by atoms with Crippen LogP contribution in [0.25, 0.3) is 11.2 Å². The van der Waals surface area contributed by atoms with Gasteiger partial charge in [0.15, 0.2) is 11.2 Å². The second-order valence-electron chi connectivity index (χ2n) is 5.36. The number of ether oxygens (including phenoxy) is 1. The average Bonchev–Trinajstić information content (AvgIpc) is 2.78. The molecule has 2 aromatic heterocycles. The number of nitrogens with one attached hydrogen (secondary N) is 1. The number of esters is 1. The lowest BCUT2D eigenvalue weighted by molar-refractivity contribution is -0.145. The summed E-state index contributed by atoms with van der Waals surface area (Å²) in [5, 5.41) is 0. The summed E-state index contributed by atoms with van der Waals surface area (Å²) >= 11 is 0. The van der Waals surface area contributed by atoms with Gasteiger partial charge in [-0.15, -0.1) is 0 Å². The predicted molar refractivity (Wildman–Crippen MR) is 80.7 cm³/mol. The third-order valence-electron chi connectivity index (χ3n) is 3.46. The highest BCUT2D eigenvalue weighted by Gasteiger charge is 2.11. The van der Waals surface area contributed by atoms with Crippen molar-refractivity contribution in [2.24, 2.45) is 7.05 Å². The van der Waals surface area contributed by atoms with Crippen LogP contribution in [-0.4, -0.2) is 31.2 Å².